The van der Waals surface area contributed by atoms with Crippen molar-refractivity contribution in [2.45, 2.75) is 49.9 Å². The van der Waals surface area contributed by atoms with Gasteiger partial charge in [0.15, 0.2) is 0 Å². The summed E-state index contributed by atoms with van der Waals surface area (Å²) < 4.78 is 30.1. The largest absolute Gasteiger partial charge is 0.317 e. The topological polar surface area (TPSA) is 98.4 Å². The molecule has 1 atom stereocenters. The number of hydrogen-bond acceptors (Lipinski definition) is 5. The maximum atomic E-state index is 13.5. The summed E-state index contributed by atoms with van der Waals surface area (Å²) in [5.41, 5.74) is 8.80. The van der Waals surface area contributed by atoms with Crippen LogP contribution in [0.15, 0.2) is 63.2 Å². The highest BCUT2D eigenvalue weighted by Gasteiger charge is 2.31. The summed E-state index contributed by atoms with van der Waals surface area (Å²) in [6, 6.07) is 11.4. The summed E-state index contributed by atoms with van der Waals surface area (Å²) in [5.74, 6) is 0.0762. The van der Waals surface area contributed by atoms with Crippen molar-refractivity contribution in [1.29, 1.82) is 0 Å². The average molecular weight is 438 g/mol. The minimum Gasteiger partial charge on any atom is -0.317 e. The third-order valence-corrected chi connectivity index (χ3v) is 7.53. The number of pyridine rings is 2. The molecule has 0 spiro atoms. The van der Waals surface area contributed by atoms with Crippen LogP contribution >= 0.6 is 0 Å². The second-order valence-electron chi connectivity index (χ2n) is 7.88. The highest BCUT2D eigenvalue weighted by atomic mass is 32.2. The molecule has 4 rings (SSSR count). The van der Waals surface area contributed by atoms with Crippen LogP contribution in [0.5, 0.6) is 0 Å². The predicted molar refractivity (Wildman–Crippen MR) is 120 cm³/mol. The SMILES string of the molecule is CC[C@H](C)[n+]1c(N)c(S(=O)(=O)c2ccc(C)cc2)cc2c(=O)n3cccc(C)c3nc21. The molecule has 0 aliphatic heterocycles. The summed E-state index contributed by atoms with van der Waals surface area (Å²) in [4.78, 5) is 18.1. The number of nitrogens with two attached hydrogens (primary N) is 1. The van der Waals surface area contributed by atoms with E-state index in [2.05, 4.69) is 0 Å². The fraction of sp³-hybridized carbons (Fsp3) is 0.261. The van der Waals surface area contributed by atoms with E-state index in [4.69, 9.17) is 10.7 Å². The zero-order valence-corrected chi connectivity index (χ0v) is 18.8. The number of aryl methyl sites for hydroxylation is 2. The molecule has 31 heavy (non-hydrogen) atoms. The normalized spacial score (nSPS) is 13.0. The number of nitrogens with zero attached hydrogens (tertiary/aromatic N) is 3. The quantitative estimate of drug-likeness (QED) is 0.391. The molecular formula is C23H25N4O3S+. The first-order chi connectivity index (χ1) is 14.7. The molecule has 0 amide bonds. The second-order valence-corrected chi connectivity index (χ2v) is 9.79. The van der Waals surface area contributed by atoms with Gasteiger partial charge >= 0.3 is 0 Å². The Morgan fingerprint density at radius 1 is 1.16 bits per heavy atom. The van der Waals surface area contributed by atoms with Gasteiger partial charge in [-0.2, -0.15) is 0 Å². The van der Waals surface area contributed by atoms with Gasteiger partial charge in [-0.15, -0.1) is 0 Å². The van der Waals surface area contributed by atoms with Crippen molar-refractivity contribution in [3.05, 3.63) is 70.1 Å². The van der Waals surface area contributed by atoms with E-state index in [1.807, 2.05) is 33.8 Å². The third-order valence-electron chi connectivity index (χ3n) is 5.73. The van der Waals surface area contributed by atoms with Crippen molar-refractivity contribution < 1.29 is 13.0 Å². The van der Waals surface area contributed by atoms with E-state index in [9.17, 15) is 13.2 Å². The molecule has 0 bridgehead atoms. The van der Waals surface area contributed by atoms with Gasteiger partial charge in [0.25, 0.3) is 11.2 Å². The molecule has 4 aromatic rings. The maximum Gasteiger partial charge on any atom is 0.278 e. The molecule has 3 aromatic heterocycles. The van der Waals surface area contributed by atoms with Crippen LogP contribution in [0.2, 0.25) is 0 Å². The Balaban J connectivity index is 2.17. The van der Waals surface area contributed by atoms with Gasteiger partial charge in [0, 0.05) is 11.8 Å². The van der Waals surface area contributed by atoms with Gasteiger partial charge in [-0.1, -0.05) is 35.7 Å². The summed E-state index contributed by atoms with van der Waals surface area (Å²) in [5, 5.41) is 0.211. The molecule has 160 valence electrons. The Bertz CT molecular complexity index is 1490. The lowest BCUT2D eigenvalue weighted by molar-refractivity contribution is -0.684. The number of benzene rings is 1. The van der Waals surface area contributed by atoms with Crippen LogP contribution in [-0.2, 0) is 9.84 Å². The fourth-order valence-corrected chi connectivity index (χ4v) is 5.13. The lowest BCUT2D eigenvalue weighted by Gasteiger charge is -2.17. The molecule has 0 saturated carbocycles. The van der Waals surface area contributed by atoms with Crippen molar-refractivity contribution in [3.63, 3.8) is 0 Å². The zero-order valence-electron chi connectivity index (χ0n) is 18.0. The van der Waals surface area contributed by atoms with Gasteiger partial charge in [0.1, 0.15) is 10.3 Å². The van der Waals surface area contributed by atoms with Crippen LogP contribution in [-0.4, -0.2) is 17.8 Å². The van der Waals surface area contributed by atoms with Crippen LogP contribution in [0.1, 0.15) is 37.4 Å². The van der Waals surface area contributed by atoms with Crippen molar-refractivity contribution in [3.8, 4) is 0 Å². The van der Waals surface area contributed by atoms with Gasteiger partial charge in [-0.05, 0) is 51.5 Å². The third kappa shape index (κ3) is 3.27. The number of nitrogen functional groups attached to an aromatic ring is 1. The van der Waals surface area contributed by atoms with Crippen LogP contribution < -0.4 is 15.9 Å². The summed E-state index contributed by atoms with van der Waals surface area (Å²) in [7, 11) is -3.94. The number of fused-ring (bicyclic) bond motifs is 2. The highest BCUT2D eigenvalue weighted by Crippen LogP contribution is 2.28. The number of sulfone groups is 1. The van der Waals surface area contributed by atoms with E-state index < -0.39 is 9.84 Å². The minimum absolute atomic E-state index is 0.0762. The first-order valence-corrected chi connectivity index (χ1v) is 11.6. The highest BCUT2D eigenvalue weighted by molar-refractivity contribution is 7.91. The minimum atomic E-state index is -3.94. The van der Waals surface area contributed by atoms with Crippen molar-refractivity contribution in [1.82, 2.24) is 9.38 Å². The van der Waals surface area contributed by atoms with Gasteiger partial charge in [0.2, 0.25) is 21.3 Å². The molecule has 0 fully saturated rings. The van der Waals surface area contributed by atoms with Gasteiger partial charge in [-0.3, -0.25) is 9.20 Å². The van der Waals surface area contributed by atoms with Crippen molar-refractivity contribution in [2.75, 3.05) is 5.73 Å². The molecule has 0 saturated heterocycles. The predicted octanol–water partition coefficient (Wildman–Crippen LogP) is 3.14. The molecule has 1 aromatic carbocycles. The van der Waals surface area contributed by atoms with E-state index >= 15 is 0 Å². The molecule has 0 aliphatic rings. The van der Waals surface area contributed by atoms with Crippen molar-refractivity contribution >= 4 is 32.3 Å². The molecule has 7 nitrogen and oxygen atoms in total. The number of hydrogen-bond donors (Lipinski definition) is 1. The monoisotopic (exact) mass is 437 g/mol. The average Bonchev–Trinajstić information content (AvgIpc) is 2.74. The Kier molecular flexibility index (Phi) is 5.05. The van der Waals surface area contributed by atoms with E-state index in [0.717, 1.165) is 11.1 Å². The Morgan fingerprint density at radius 2 is 1.84 bits per heavy atom. The molecule has 0 unspecified atom stereocenters. The van der Waals surface area contributed by atoms with Crippen LogP contribution in [0.4, 0.5) is 5.82 Å². The molecule has 0 aliphatic carbocycles. The smallest absolute Gasteiger partial charge is 0.278 e. The van der Waals surface area contributed by atoms with Crippen LogP contribution in [0, 0.1) is 13.8 Å². The lowest BCUT2D eigenvalue weighted by atomic mass is 10.2. The van der Waals surface area contributed by atoms with Gasteiger partial charge < -0.3 is 5.73 Å². The molecule has 2 N–H and O–H groups in total. The first kappa shape index (κ1) is 21.0. The van der Waals surface area contributed by atoms with E-state index in [0.29, 0.717) is 17.7 Å². The zero-order chi connectivity index (χ0) is 22.5. The first-order valence-electron chi connectivity index (χ1n) is 10.1. The van der Waals surface area contributed by atoms with Crippen molar-refractivity contribution in [2.24, 2.45) is 0 Å². The Labute approximate surface area is 180 Å². The number of anilines is 1. The van der Waals surface area contributed by atoms with Crippen LogP contribution in [0.3, 0.4) is 0 Å². The summed E-state index contributed by atoms with van der Waals surface area (Å²) in [6.07, 6.45) is 2.32. The second kappa shape index (κ2) is 7.46. The van der Waals surface area contributed by atoms with E-state index in [-0.39, 0.29) is 32.6 Å². The van der Waals surface area contributed by atoms with Gasteiger partial charge in [-0.25, -0.2) is 13.0 Å². The molecular weight excluding hydrogens is 412 g/mol. The lowest BCUT2D eigenvalue weighted by Crippen LogP contribution is -2.44. The van der Waals surface area contributed by atoms with Gasteiger partial charge in [0.05, 0.1) is 10.9 Å². The Hall–Kier alpha value is -3.26. The van der Waals surface area contributed by atoms with E-state index in [1.165, 1.54) is 10.5 Å². The Morgan fingerprint density at radius 3 is 2.48 bits per heavy atom. The van der Waals surface area contributed by atoms with E-state index in [1.54, 1.807) is 41.1 Å². The van der Waals surface area contributed by atoms with Crippen LogP contribution in [0.25, 0.3) is 16.7 Å². The standard InChI is InChI=1S/C23H24N4O3S/c1-5-16(4)27-20(24)19(31(29,30)17-10-8-14(2)9-11-17)13-18-22(27)25-21-15(3)7-6-12-26(21)23(18)28/h6-13,16,24H,5H2,1-4H3/p+1/t16-/m0/s1. The molecule has 3 heterocycles. The molecule has 0 radical (unpaired) electrons. The fourth-order valence-electron chi connectivity index (χ4n) is 3.74. The molecule has 8 heteroatoms. The maximum absolute atomic E-state index is 13.5. The summed E-state index contributed by atoms with van der Waals surface area (Å²) in [6.45, 7) is 7.67. The number of aromatic nitrogens is 3. The number of rotatable bonds is 4. The summed E-state index contributed by atoms with van der Waals surface area (Å²) >= 11 is 0.